The van der Waals surface area contributed by atoms with Gasteiger partial charge in [0.15, 0.2) is 0 Å². The molecule has 0 amide bonds. The first-order valence-corrected chi connectivity index (χ1v) is 8.28. The minimum absolute atomic E-state index is 0.974. The van der Waals surface area contributed by atoms with E-state index in [2.05, 4.69) is 73.2 Å². The Bertz CT molecular complexity index is 702. The van der Waals surface area contributed by atoms with Crippen LogP contribution in [0.4, 0.5) is 0 Å². The summed E-state index contributed by atoms with van der Waals surface area (Å²) >= 11 is 1.68. The van der Waals surface area contributed by atoms with E-state index in [-0.39, 0.29) is 0 Å². The molecule has 2 aromatic carbocycles. The van der Waals surface area contributed by atoms with Crippen molar-refractivity contribution in [2.75, 3.05) is 7.05 Å². The van der Waals surface area contributed by atoms with Gasteiger partial charge >= 0.3 is 0 Å². The summed E-state index contributed by atoms with van der Waals surface area (Å²) in [5, 5.41) is 0.974. The molecular weight excluding hydrogens is 288 g/mol. The highest BCUT2D eigenvalue weighted by Gasteiger charge is 2.08. The molecule has 2 rings (SSSR count). The van der Waals surface area contributed by atoms with Crippen molar-refractivity contribution >= 4 is 23.1 Å². The number of aliphatic imine (C=N–C) groups is 2. The van der Waals surface area contributed by atoms with Gasteiger partial charge in [0, 0.05) is 17.5 Å². The summed E-state index contributed by atoms with van der Waals surface area (Å²) < 4.78 is 0. The monoisotopic (exact) mass is 310 g/mol. The SMILES string of the molecule is CCc1ccc(/C(=N\C=N/C)Sc2cccc(C)c2)cc1C. The van der Waals surface area contributed by atoms with Gasteiger partial charge in [-0.25, -0.2) is 4.99 Å². The zero-order chi connectivity index (χ0) is 15.9. The minimum atomic E-state index is 0.974. The Labute approximate surface area is 137 Å². The van der Waals surface area contributed by atoms with Crippen LogP contribution < -0.4 is 0 Å². The molecule has 0 atom stereocenters. The highest BCUT2D eigenvalue weighted by Crippen LogP contribution is 2.25. The van der Waals surface area contributed by atoms with Gasteiger partial charge in [0.1, 0.15) is 11.4 Å². The lowest BCUT2D eigenvalue weighted by Gasteiger charge is -2.09. The normalized spacial score (nSPS) is 12.1. The molecule has 0 bridgehead atoms. The van der Waals surface area contributed by atoms with Gasteiger partial charge in [-0.05, 0) is 49.6 Å². The molecule has 0 saturated heterocycles. The van der Waals surface area contributed by atoms with E-state index in [0.717, 1.165) is 17.0 Å². The van der Waals surface area contributed by atoms with Crippen molar-refractivity contribution in [3.63, 3.8) is 0 Å². The van der Waals surface area contributed by atoms with E-state index in [1.54, 1.807) is 25.1 Å². The predicted octanol–water partition coefficient (Wildman–Crippen LogP) is 5.06. The van der Waals surface area contributed by atoms with Crippen LogP contribution in [-0.2, 0) is 6.42 Å². The fraction of sp³-hybridized carbons (Fsp3) is 0.263. The lowest BCUT2D eigenvalue weighted by molar-refractivity contribution is 1.11. The molecular formula is C19H22N2S. The Morgan fingerprint density at radius 3 is 2.59 bits per heavy atom. The van der Waals surface area contributed by atoms with E-state index >= 15 is 0 Å². The molecule has 2 nitrogen and oxygen atoms in total. The first kappa shape index (κ1) is 16.5. The fourth-order valence-electron chi connectivity index (χ4n) is 2.29. The van der Waals surface area contributed by atoms with Crippen LogP contribution in [0.3, 0.4) is 0 Å². The smallest absolute Gasteiger partial charge is 0.110 e. The average molecular weight is 310 g/mol. The van der Waals surface area contributed by atoms with Gasteiger partial charge in [-0.1, -0.05) is 48.5 Å². The minimum Gasteiger partial charge on any atom is -0.277 e. The lowest BCUT2D eigenvalue weighted by atomic mass is 10.0. The van der Waals surface area contributed by atoms with Crippen molar-refractivity contribution < 1.29 is 0 Å². The Morgan fingerprint density at radius 2 is 1.95 bits per heavy atom. The molecule has 0 aliphatic carbocycles. The molecule has 0 spiro atoms. The van der Waals surface area contributed by atoms with Gasteiger partial charge in [-0.3, -0.25) is 4.99 Å². The number of aryl methyl sites for hydroxylation is 3. The summed E-state index contributed by atoms with van der Waals surface area (Å²) in [4.78, 5) is 9.71. The van der Waals surface area contributed by atoms with Crippen molar-refractivity contribution in [1.29, 1.82) is 0 Å². The zero-order valence-corrected chi connectivity index (χ0v) is 14.4. The molecule has 22 heavy (non-hydrogen) atoms. The first-order valence-electron chi connectivity index (χ1n) is 7.47. The zero-order valence-electron chi connectivity index (χ0n) is 13.6. The molecule has 0 aliphatic rings. The summed E-state index contributed by atoms with van der Waals surface area (Å²) in [6, 6.07) is 15.0. The third kappa shape index (κ3) is 4.31. The van der Waals surface area contributed by atoms with E-state index in [0.29, 0.717) is 0 Å². The summed E-state index contributed by atoms with van der Waals surface area (Å²) in [6.07, 6.45) is 2.67. The van der Waals surface area contributed by atoms with Crippen molar-refractivity contribution in [3.8, 4) is 0 Å². The van der Waals surface area contributed by atoms with E-state index < -0.39 is 0 Å². The van der Waals surface area contributed by atoms with Crippen LogP contribution >= 0.6 is 11.8 Å². The highest BCUT2D eigenvalue weighted by molar-refractivity contribution is 8.14. The molecule has 0 radical (unpaired) electrons. The van der Waals surface area contributed by atoms with Crippen molar-refractivity contribution in [2.24, 2.45) is 9.98 Å². The second-order valence-corrected chi connectivity index (χ2v) is 6.28. The van der Waals surface area contributed by atoms with Gasteiger partial charge in [0.25, 0.3) is 0 Å². The largest absolute Gasteiger partial charge is 0.277 e. The van der Waals surface area contributed by atoms with Gasteiger partial charge in [0.05, 0.1) is 0 Å². The Balaban J connectivity index is 2.36. The summed E-state index contributed by atoms with van der Waals surface area (Å²) in [5.41, 5.74) is 5.09. The Hall–Kier alpha value is -1.87. The molecule has 0 fully saturated rings. The molecule has 0 N–H and O–H groups in total. The number of thioether (sulfide) groups is 1. The molecule has 0 unspecified atom stereocenters. The number of hydrogen-bond acceptors (Lipinski definition) is 2. The maximum absolute atomic E-state index is 4.52. The fourth-order valence-corrected chi connectivity index (χ4v) is 3.25. The number of rotatable bonds is 4. The third-order valence-electron chi connectivity index (χ3n) is 3.46. The van der Waals surface area contributed by atoms with Crippen LogP contribution in [0.15, 0.2) is 57.3 Å². The number of hydrogen-bond donors (Lipinski definition) is 0. The number of nitrogens with zero attached hydrogens (tertiary/aromatic N) is 2. The van der Waals surface area contributed by atoms with Crippen LogP contribution in [0, 0.1) is 13.8 Å². The molecule has 114 valence electrons. The van der Waals surface area contributed by atoms with Crippen molar-refractivity contribution in [2.45, 2.75) is 32.1 Å². The van der Waals surface area contributed by atoms with Crippen LogP contribution in [0.1, 0.15) is 29.2 Å². The van der Waals surface area contributed by atoms with Crippen molar-refractivity contribution in [1.82, 2.24) is 0 Å². The molecule has 2 aromatic rings. The maximum atomic E-state index is 4.52. The topological polar surface area (TPSA) is 24.7 Å². The van der Waals surface area contributed by atoms with E-state index in [4.69, 9.17) is 0 Å². The van der Waals surface area contributed by atoms with E-state index in [9.17, 15) is 0 Å². The summed E-state index contributed by atoms with van der Waals surface area (Å²) in [7, 11) is 1.74. The average Bonchev–Trinajstić information content (AvgIpc) is 2.51. The van der Waals surface area contributed by atoms with Gasteiger partial charge in [-0.2, -0.15) is 0 Å². The van der Waals surface area contributed by atoms with Gasteiger partial charge in [0.2, 0.25) is 0 Å². The molecule has 0 saturated carbocycles. The van der Waals surface area contributed by atoms with Crippen LogP contribution in [0.2, 0.25) is 0 Å². The van der Waals surface area contributed by atoms with Crippen molar-refractivity contribution in [3.05, 3.63) is 64.7 Å². The summed E-state index contributed by atoms with van der Waals surface area (Å²) in [5.74, 6) is 0. The lowest BCUT2D eigenvalue weighted by Crippen LogP contribution is -1.99. The Kier molecular flexibility index (Phi) is 5.96. The van der Waals surface area contributed by atoms with Crippen LogP contribution in [-0.4, -0.2) is 18.4 Å². The summed E-state index contributed by atoms with van der Waals surface area (Å²) in [6.45, 7) is 6.45. The first-order chi connectivity index (χ1) is 10.6. The molecule has 0 aromatic heterocycles. The van der Waals surface area contributed by atoms with E-state index in [1.807, 2.05) is 0 Å². The highest BCUT2D eigenvalue weighted by atomic mass is 32.2. The predicted molar refractivity (Wildman–Crippen MR) is 98.5 cm³/mol. The van der Waals surface area contributed by atoms with Crippen LogP contribution in [0.25, 0.3) is 0 Å². The van der Waals surface area contributed by atoms with Gasteiger partial charge < -0.3 is 0 Å². The molecule has 0 heterocycles. The Morgan fingerprint density at radius 1 is 1.14 bits per heavy atom. The second-order valence-electron chi connectivity index (χ2n) is 5.22. The number of benzene rings is 2. The molecule has 0 aliphatic heterocycles. The quantitative estimate of drug-likeness (QED) is 0.440. The van der Waals surface area contributed by atoms with Gasteiger partial charge in [-0.15, -0.1) is 0 Å². The van der Waals surface area contributed by atoms with E-state index in [1.165, 1.54) is 21.6 Å². The third-order valence-corrected chi connectivity index (χ3v) is 4.49. The maximum Gasteiger partial charge on any atom is 0.110 e. The molecule has 3 heteroatoms. The standard InChI is InChI=1S/C19H22N2S/c1-5-16-9-10-17(12-15(16)3)19(21-13-20-4)22-18-8-6-7-14(2)11-18/h6-13H,5H2,1-4H3/b20-13-,21-19+. The second kappa shape index (κ2) is 7.95. The van der Waals surface area contributed by atoms with Crippen LogP contribution in [0.5, 0.6) is 0 Å².